The van der Waals surface area contributed by atoms with Gasteiger partial charge >= 0.3 is 5.97 Å². The molecule has 6 nitrogen and oxygen atoms in total. The van der Waals surface area contributed by atoms with Gasteiger partial charge in [0.05, 0.1) is 35.0 Å². The molecule has 0 radical (unpaired) electrons. The lowest BCUT2D eigenvalue weighted by Gasteiger charge is -2.05. The molecule has 0 atom stereocenters. The van der Waals surface area contributed by atoms with E-state index in [4.69, 9.17) is 21.1 Å². The zero-order valence-corrected chi connectivity index (χ0v) is 14.9. The number of ether oxygens (including phenoxy) is 2. The summed E-state index contributed by atoms with van der Waals surface area (Å²) in [5.41, 5.74) is 1.50. The highest BCUT2D eigenvalue weighted by Crippen LogP contribution is 2.29. The molecule has 0 bridgehead atoms. The Morgan fingerprint density at radius 2 is 1.88 bits per heavy atom. The van der Waals surface area contributed by atoms with E-state index in [-0.39, 0.29) is 5.91 Å². The van der Waals surface area contributed by atoms with Gasteiger partial charge in [0.1, 0.15) is 5.75 Å². The number of carbonyl (C=O) groups excluding carboxylic acids is 2. The summed E-state index contributed by atoms with van der Waals surface area (Å²) in [7, 11) is 2.83. The van der Waals surface area contributed by atoms with E-state index in [1.165, 1.54) is 31.6 Å². The maximum absolute atomic E-state index is 12.3. The minimum Gasteiger partial charge on any atom is -0.495 e. The number of halogens is 1. The van der Waals surface area contributed by atoms with Crippen LogP contribution < -0.4 is 10.1 Å². The number of thiazole rings is 1. The second-order valence-corrected chi connectivity index (χ2v) is 6.43. The van der Waals surface area contributed by atoms with E-state index in [9.17, 15) is 9.59 Å². The lowest BCUT2D eigenvalue weighted by atomic mass is 10.2. The third kappa shape index (κ3) is 3.57. The standard InChI is InChI=1S/C17H13ClN2O4S/c1-23-13-6-4-9(7-11(13)18)15(21)20-17-19-12-5-3-10(16(22)24-2)8-14(12)25-17/h3-8H,1-2H3,(H,19,20,21). The summed E-state index contributed by atoms with van der Waals surface area (Å²) in [6.45, 7) is 0. The molecule has 3 aromatic rings. The minimum absolute atomic E-state index is 0.336. The van der Waals surface area contributed by atoms with Crippen LogP contribution in [-0.2, 0) is 4.74 Å². The molecule has 1 heterocycles. The molecule has 1 amide bonds. The van der Waals surface area contributed by atoms with Crippen LogP contribution in [-0.4, -0.2) is 31.1 Å². The summed E-state index contributed by atoms with van der Waals surface area (Å²) >= 11 is 7.31. The first-order chi connectivity index (χ1) is 12.0. The van der Waals surface area contributed by atoms with E-state index in [0.29, 0.717) is 32.5 Å². The fourth-order valence-electron chi connectivity index (χ4n) is 2.20. The SMILES string of the molecule is COC(=O)c1ccc2nc(NC(=O)c3ccc(OC)c(Cl)c3)sc2c1. The Kier molecular flexibility index (Phi) is 4.87. The van der Waals surface area contributed by atoms with Crippen LogP contribution in [0.4, 0.5) is 5.13 Å². The molecular formula is C17H13ClN2O4S. The third-order valence-electron chi connectivity index (χ3n) is 3.44. The highest BCUT2D eigenvalue weighted by atomic mass is 35.5. The summed E-state index contributed by atoms with van der Waals surface area (Å²) in [4.78, 5) is 28.3. The number of nitrogens with one attached hydrogen (secondary N) is 1. The predicted molar refractivity (Wildman–Crippen MR) is 96.9 cm³/mol. The van der Waals surface area contributed by atoms with Crippen LogP contribution >= 0.6 is 22.9 Å². The smallest absolute Gasteiger partial charge is 0.337 e. The lowest BCUT2D eigenvalue weighted by molar-refractivity contribution is 0.0601. The summed E-state index contributed by atoms with van der Waals surface area (Å²) in [6.07, 6.45) is 0. The third-order valence-corrected chi connectivity index (χ3v) is 4.67. The quantitative estimate of drug-likeness (QED) is 0.696. The first-order valence-electron chi connectivity index (χ1n) is 7.15. The van der Waals surface area contributed by atoms with Crippen LogP contribution in [0.3, 0.4) is 0 Å². The summed E-state index contributed by atoms with van der Waals surface area (Å²) in [5, 5.41) is 3.50. The van der Waals surface area contributed by atoms with Crippen LogP contribution in [0.15, 0.2) is 36.4 Å². The highest BCUT2D eigenvalue weighted by Gasteiger charge is 2.13. The Balaban J connectivity index is 1.83. The van der Waals surface area contributed by atoms with Gasteiger partial charge in [0.15, 0.2) is 5.13 Å². The number of hydrogen-bond donors (Lipinski definition) is 1. The van der Waals surface area contributed by atoms with Gasteiger partial charge in [-0.25, -0.2) is 9.78 Å². The molecule has 0 saturated heterocycles. The number of anilines is 1. The number of hydrogen-bond acceptors (Lipinski definition) is 6. The fraction of sp³-hybridized carbons (Fsp3) is 0.118. The molecular weight excluding hydrogens is 364 g/mol. The van der Waals surface area contributed by atoms with Crippen molar-refractivity contribution in [2.24, 2.45) is 0 Å². The van der Waals surface area contributed by atoms with E-state index < -0.39 is 5.97 Å². The van der Waals surface area contributed by atoms with E-state index >= 15 is 0 Å². The number of esters is 1. The van der Waals surface area contributed by atoms with Gasteiger partial charge in [0, 0.05) is 5.56 Å². The Morgan fingerprint density at radius 3 is 2.56 bits per heavy atom. The van der Waals surface area contributed by atoms with Crippen molar-refractivity contribution in [1.29, 1.82) is 0 Å². The summed E-state index contributed by atoms with van der Waals surface area (Å²) in [5.74, 6) is -0.265. The van der Waals surface area contributed by atoms with Gasteiger partial charge < -0.3 is 9.47 Å². The Bertz CT molecular complexity index is 970. The molecule has 25 heavy (non-hydrogen) atoms. The Labute approximate surface area is 152 Å². The van der Waals surface area contributed by atoms with Crippen LogP contribution in [0.25, 0.3) is 10.2 Å². The van der Waals surface area contributed by atoms with E-state index in [1.807, 2.05) is 0 Å². The minimum atomic E-state index is -0.422. The van der Waals surface area contributed by atoms with Gasteiger partial charge in [0.25, 0.3) is 5.91 Å². The molecule has 128 valence electrons. The second-order valence-electron chi connectivity index (χ2n) is 5.00. The normalized spacial score (nSPS) is 10.5. The maximum Gasteiger partial charge on any atom is 0.337 e. The van der Waals surface area contributed by atoms with Crippen LogP contribution in [0.2, 0.25) is 5.02 Å². The number of rotatable bonds is 4. The largest absolute Gasteiger partial charge is 0.495 e. The van der Waals surface area contributed by atoms with Crippen molar-refractivity contribution in [1.82, 2.24) is 4.98 Å². The zero-order chi connectivity index (χ0) is 18.0. The molecule has 0 aliphatic heterocycles. The topological polar surface area (TPSA) is 77.5 Å². The van der Waals surface area contributed by atoms with Gasteiger partial charge in [-0.05, 0) is 36.4 Å². The number of amides is 1. The number of nitrogens with zero attached hydrogens (tertiary/aromatic N) is 1. The molecule has 3 rings (SSSR count). The Hall–Kier alpha value is -2.64. The van der Waals surface area contributed by atoms with Gasteiger partial charge in [-0.3, -0.25) is 10.1 Å². The molecule has 1 aromatic heterocycles. The zero-order valence-electron chi connectivity index (χ0n) is 13.3. The number of fused-ring (bicyclic) bond motifs is 1. The van der Waals surface area contributed by atoms with Crippen molar-refractivity contribution in [2.75, 3.05) is 19.5 Å². The van der Waals surface area contributed by atoms with E-state index in [2.05, 4.69) is 10.3 Å². The summed E-state index contributed by atoms with van der Waals surface area (Å²) < 4.78 is 10.5. The molecule has 0 spiro atoms. The molecule has 0 aliphatic rings. The van der Waals surface area contributed by atoms with Crippen molar-refractivity contribution >= 4 is 50.2 Å². The van der Waals surface area contributed by atoms with Gasteiger partial charge in [-0.2, -0.15) is 0 Å². The predicted octanol–water partition coefficient (Wildman–Crippen LogP) is 4.00. The Morgan fingerprint density at radius 1 is 1.12 bits per heavy atom. The first kappa shape index (κ1) is 17.2. The molecule has 0 unspecified atom stereocenters. The maximum atomic E-state index is 12.3. The molecule has 1 N–H and O–H groups in total. The molecule has 0 aliphatic carbocycles. The van der Waals surface area contributed by atoms with Crippen molar-refractivity contribution in [3.8, 4) is 5.75 Å². The van der Waals surface area contributed by atoms with Crippen LogP contribution in [0.1, 0.15) is 20.7 Å². The van der Waals surface area contributed by atoms with Gasteiger partial charge in [-0.1, -0.05) is 22.9 Å². The van der Waals surface area contributed by atoms with Crippen molar-refractivity contribution in [3.63, 3.8) is 0 Å². The number of aromatic nitrogens is 1. The van der Waals surface area contributed by atoms with Crippen molar-refractivity contribution in [2.45, 2.75) is 0 Å². The average Bonchev–Trinajstić information content (AvgIpc) is 3.02. The fourth-order valence-corrected chi connectivity index (χ4v) is 3.36. The monoisotopic (exact) mass is 376 g/mol. The van der Waals surface area contributed by atoms with Crippen LogP contribution in [0, 0.1) is 0 Å². The van der Waals surface area contributed by atoms with E-state index in [0.717, 1.165) is 4.70 Å². The van der Waals surface area contributed by atoms with Crippen molar-refractivity contribution < 1.29 is 19.1 Å². The lowest BCUT2D eigenvalue weighted by Crippen LogP contribution is -2.11. The number of benzene rings is 2. The highest BCUT2D eigenvalue weighted by molar-refractivity contribution is 7.22. The number of methoxy groups -OCH3 is 2. The molecule has 0 fully saturated rings. The first-order valence-corrected chi connectivity index (χ1v) is 8.35. The van der Waals surface area contributed by atoms with Crippen molar-refractivity contribution in [3.05, 3.63) is 52.5 Å². The molecule has 2 aromatic carbocycles. The second kappa shape index (κ2) is 7.08. The summed E-state index contributed by atoms with van der Waals surface area (Å²) in [6, 6.07) is 9.78. The number of carbonyl (C=O) groups is 2. The average molecular weight is 377 g/mol. The van der Waals surface area contributed by atoms with Crippen LogP contribution in [0.5, 0.6) is 5.75 Å². The van der Waals surface area contributed by atoms with Gasteiger partial charge in [-0.15, -0.1) is 0 Å². The molecule has 8 heteroatoms. The van der Waals surface area contributed by atoms with Gasteiger partial charge in [0.2, 0.25) is 0 Å². The van der Waals surface area contributed by atoms with E-state index in [1.54, 1.807) is 30.3 Å². The molecule has 0 saturated carbocycles.